The van der Waals surface area contributed by atoms with Crippen LogP contribution in [0.25, 0.3) is 0 Å². The van der Waals surface area contributed by atoms with Gasteiger partial charge in [0.1, 0.15) is 0 Å². The minimum Gasteiger partial charge on any atom is -0.310 e. The molecule has 2 aliphatic rings. The summed E-state index contributed by atoms with van der Waals surface area (Å²) in [4.78, 5) is 2.60. The molecule has 100 valence electrons. The van der Waals surface area contributed by atoms with E-state index in [2.05, 4.69) is 24.2 Å². The number of nitrogens with zero attached hydrogens (tertiary/aromatic N) is 1. The first kappa shape index (κ1) is 13.4. The Hall–Kier alpha value is -0.0800. The van der Waals surface area contributed by atoms with Crippen LogP contribution < -0.4 is 5.32 Å². The summed E-state index contributed by atoms with van der Waals surface area (Å²) in [6, 6.07) is 0. The summed E-state index contributed by atoms with van der Waals surface area (Å²) in [6.07, 6.45) is 11.4. The van der Waals surface area contributed by atoms with Crippen LogP contribution in [0.5, 0.6) is 0 Å². The molecule has 0 aromatic carbocycles. The summed E-state index contributed by atoms with van der Waals surface area (Å²) >= 11 is 0. The quantitative estimate of drug-likeness (QED) is 0.792. The van der Waals surface area contributed by atoms with Crippen molar-refractivity contribution in [2.75, 3.05) is 26.7 Å². The molecule has 2 fully saturated rings. The van der Waals surface area contributed by atoms with Crippen LogP contribution in [0.2, 0.25) is 0 Å². The molecule has 1 unspecified atom stereocenters. The van der Waals surface area contributed by atoms with Crippen LogP contribution in [0.1, 0.15) is 58.3 Å². The molecule has 1 atom stereocenters. The van der Waals surface area contributed by atoms with Crippen molar-refractivity contribution in [1.29, 1.82) is 0 Å². The molecule has 17 heavy (non-hydrogen) atoms. The number of hydrogen-bond donors (Lipinski definition) is 1. The SMILES string of the molecule is CCC1(CN(C)CC2CCCCC2)CCCN1. The van der Waals surface area contributed by atoms with Crippen LogP contribution in [0.4, 0.5) is 0 Å². The van der Waals surface area contributed by atoms with Gasteiger partial charge in [-0.15, -0.1) is 0 Å². The van der Waals surface area contributed by atoms with Crippen molar-refractivity contribution in [1.82, 2.24) is 10.2 Å². The van der Waals surface area contributed by atoms with E-state index in [4.69, 9.17) is 0 Å². The van der Waals surface area contributed by atoms with Gasteiger partial charge in [0.2, 0.25) is 0 Å². The molecule has 1 heterocycles. The second-order valence-corrected chi connectivity index (χ2v) is 6.36. The Morgan fingerprint density at radius 1 is 1.18 bits per heavy atom. The minimum atomic E-state index is 0.434. The number of nitrogens with one attached hydrogen (secondary N) is 1. The maximum Gasteiger partial charge on any atom is 0.0306 e. The van der Waals surface area contributed by atoms with E-state index < -0.39 is 0 Å². The van der Waals surface area contributed by atoms with Crippen molar-refractivity contribution in [3.05, 3.63) is 0 Å². The van der Waals surface area contributed by atoms with Crippen molar-refractivity contribution in [2.24, 2.45) is 5.92 Å². The van der Waals surface area contributed by atoms with Gasteiger partial charge in [-0.2, -0.15) is 0 Å². The highest BCUT2D eigenvalue weighted by Crippen LogP contribution is 2.27. The molecule has 0 aromatic heterocycles. The van der Waals surface area contributed by atoms with E-state index in [-0.39, 0.29) is 0 Å². The molecule has 0 bridgehead atoms. The largest absolute Gasteiger partial charge is 0.310 e. The average molecular weight is 238 g/mol. The van der Waals surface area contributed by atoms with Crippen LogP contribution in [0.3, 0.4) is 0 Å². The lowest BCUT2D eigenvalue weighted by molar-refractivity contribution is 0.178. The third kappa shape index (κ3) is 3.69. The molecule has 0 amide bonds. The van der Waals surface area contributed by atoms with Gasteiger partial charge >= 0.3 is 0 Å². The van der Waals surface area contributed by atoms with Gasteiger partial charge in [-0.1, -0.05) is 26.2 Å². The predicted molar refractivity (Wildman–Crippen MR) is 74.3 cm³/mol. The summed E-state index contributed by atoms with van der Waals surface area (Å²) in [7, 11) is 2.33. The summed E-state index contributed by atoms with van der Waals surface area (Å²) in [5.74, 6) is 0.976. The van der Waals surface area contributed by atoms with E-state index in [1.807, 2.05) is 0 Å². The molecule has 1 N–H and O–H groups in total. The van der Waals surface area contributed by atoms with Crippen LogP contribution in [0.15, 0.2) is 0 Å². The molecule has 1 aliphatic heterocycles. The summed E-state index contributed by atoms with van der Waals surface area (Å²) < 4.78 is 0. The Kier molecular flexibility index (Phi) is 4.87. The number of rotatable bonds is 5. The third-order valence-corrected chi connectivity index (χ3v) is 4.88. The Labute approximate surface area is 107 Å². The zero-order chi connectivity index (χ0) is 12.1. The van der Waals surface area contributed by atoms with Crippen molar-refractivity contribution in [3.8, 4) is 0 Å². The third-order valence-electron chi connectivity index (χ3n) is 4.88. The number of hydrogen-bond acceptors (Lipinski definition) is 2. The highest BCUT2D eigenvalue weighted by atomic mass is 15.2. The van der Waals surface area contributed by atoms with Gasteiger partial charge in [0, 0.05) is 18.6 Å². The van der Waals surface area contributed by atoms with Crippen LogP contribution >= 0.6 is 0 Å². The fourth-order valence-corrected chi connectivity index (χ4v) is 3.81. The molecule has 0 spiro atoms. The maximum absolute atomic E-state index is 3.75. The molecular formula is C15H30N2. The first-order valence-corrected chi connectivity index (χ1v) is 7.68. The molecule has 2 rings (SSSR count). The second kappa shape index (κ2) is 6.19. The molecule has 1 aliphatic carbocycles. The lowest BCUT2D eigenvalue weighted by Crippen LogP contribution is -2.49. The summed E-state index contributed by atoms with van der Waals surface area (Å²) in [6.45, 7) is 6.14. The van der Waals surface area contributed by atoms with Gasteiger partial charge in [0.05, 0.1) is 0 Å². The van der Waals surface area contributed by atoms with E-state index in [0.29, 0.717) is 5.54 Å². The van der Waals surface area contributed by atoms with E-state index >= 15 is 0 Å². The topological polar surface area (TPSA) is 15.3 Å². The Balaban J connectivity index is 1.77. The first-order chi connectivity index (χ1) is 8.24. The van der Waals surface area contributed by atoms with E-state index in [0.717, 1.165) is 5.92 Å². The Bertz CT molecular complexity index is 215. The molecule has 0 aromatic rings. The van der Waals surface area contributed by atoms with Crippen molar-refractivity contribution in [3.63, 3.8) is 0 Å². The smallest absolute Gasteiger partial charge is 0.0306 e. The van der Waals surface area contributed by atoms with Crippen LogP contribution in [-0.2, 0) is 0 Å². The molecule has 1 saturated carbocycles. The van der Waals surface area contributed by atoms with Gasteiger partial charge in [-0.05, 0) is 51.6 Å². The standard InChI is InChI=1S/C15H30N2/c1-3-15(10-7-11-16-15)13-17(2)12-14-8-5-4-6-9-14/h14,16H,3-13H2,1-2H3. The summed E-state index contributed by atoms with van der Waals surface area (Å²) in [5, 5.41) is 3.75. The van der Waals surface area contributed by atoms with Gasteiger partial charge in [-0.3, -0.25) is 0 Å². The highest BCUT2D eigenvalue weighted by Gasteiger charge is 2.32. The van der Waals surface area contributed by atoms with E-state index in [1.54, 1.807) is 0 Å². The van der Waals surface area contributed by atoms with E-state index in [9.17, 15) is 0 Å². The number of likely N-dealkylation sites (N-methyl/N-ethyl adjacent to an activating group) is 1. The Morgan fingerprint density at radius 2 is 1.94 bits per heavy atom. The minimum absolute atomic E-state index is 0.434. The highest BCUT2D eigenvalue weighted by molar-refractivity contribution is 4.94. The normalized spacial score (nSPS) is 31.2. The Morgan fingerprint density at radius 3 is 2.53 bits per heavy atom. The lowest BCUT2D eigenvalue weighted by Gasteiger charge is -2.35. The van der Waals surface area contributed by atoms with Gasteiger partial charge in [-0.25, -0.2) is 0 Å². The van der Waals surface area contributed by atoms with Crippen molar-refractivity contribution < 1.29 is 0 Å². The maximum atomic E-state index is 3.75. The predicted octanol–water partition coefficient (Wildman–Crippen LogP) is 3.03. The molecule has 1 saturated heterocycles. The van der Waals surface area contributed by atoms with Crippen LogP contribution in [0, 0.1) is 5.92 Å². The fourth-order valence-electron chi connectivity index (χ4n) is 3.81. The lowest BCUT2D eigenvalue weighted by atomic mass is 9.88. The van der Waals surface area contributed by atoms with Gasteiger partial charge < -0.3 is 10.2 Å². The molecule has 0 radical (unpaired) electrons. The van der Waals surface area contributed by atoms with Gasteiger partial charge in [0.15, 0.2) is 0 Å². The molecular weight excluding hydrogens is 208 g/mol. The van der Waals surface area contributed by atoms with Crippen molar-refractivity contribution in [2.45, 2.75) is 63.8 Å². The van der Waals surface area contributed by atoms with Crippen LogP contribution in [-0.4, -0.2) is 37.1 Å². The monoisotopic (exact) mass is 238 g/mol. The molecule has 2 heteroatoms. The zero-order valence-corrected chi connectivity index (χ0v) is 11.8. The van der Waals surface area contributed by atoms with Gasteiger partial charge in [0.25, 0.3) is 0 Å². The average Bonchev–Trinajstić information content (AvgIpc) is 2.79. The van der Waals surface area contributed by atoms with Crippen molar-refractivity contribution >= 4 is 0 Å². The fraction of sp³-hybridized carbons (Fsp3) is 1.00. The zero-order valence-electron chi connectivity index (χ0n) is 11.8. The second-order valence-electron chi connectivity index (χ2n) is 6.36. The molecule has 2 nitrogen and oxygen atoms in total. The summed E-state index contributed by atoms with van der Waals surface area (Å²) in [5.41, 5.74) is 0.434. The van der Waals surface area contributed by atoms with E-state index in [1.165, 1.54) is 71.0 Å². The first-order valence-electron chi connectivity index (χ1n) is 7.68.